The Bertz CT molecular complexity index is 746. The number of aromatic nitrogens is 5. The van der Waals surface area contributed by atoms with Gasteiger partial charge in [0.15, 0.2) is 0 Å². The minimum atomic E-state index is 0.261. The number of para-hydroxylation sites is 1. The van der Waals surface area contributed by atoms with Gasteiger partial charge in [-0.05, 0) is 19.1 Å². The molecule has 7 nitrogen and oxygen atoms in total. The van der Waals surface area contributed by atoms with Crippen LogP contribution in [0.3, 0.4) is 0 Å². The van der Waals surface area contributed by atoms with Crippen LogP contribution < -0.4 is 10.5 Å². The first kappa shape index (κ1) is 13.3. The second-order valence-electron chi connectivity index (χ2n) is 4.61. The van der Waals surface area contributed by atoms with E-state index in [0.29, 0.717) is 12.4 Å². The fourth-order valence-electron chi connectivity index (χ4n) is 2.13. The van der Waals surface area contributed by atoms with Crippen molar-refractivity contribution >= 4 is 0 Å². The Hall–Kier alpha value is -2.67. The first-order valence-corrected chi connectivity index (χ1v) is 6.56. The van der Waals surface area contributed by atoms with Crippen LogP contribution in [0.4, 0.5) is 0 Å². The van der Waals surface area contributed by atoms with Crippen molar-refractivity contribution in [2.24, 2.45) is 12.8 Å². The summed E-state index contributed by atoms with van der Waals surface area (Å²) in [6, 6.07) is 9.97. The molecule has 108 valence electrons. The number of nitrogens with zero attached hydrogens (tertiary/aromatic N) is 5. The van der Waals surface area contributed by atoms with Gasteiger partial charge in [-0.15, -0.1) is 5.10 Å². The molecule has 0 atom stereocenters. The molecule has 0 bridgehead atoms. The maximum Gasteiger partial charge on any atom is 0.342 e. The third kappa shape index (κ3) is 2.50. The van der Waals surface area contributed by atoms with Crippen molar-refractivity contribution in [1.29, 1.82) is 0 Å². The number of hydrogen-bond acceptors (Lipinski definition) is 5. The van der Waals surface area contributed by atoms with Gasteiger partial charge in [0.25, 0.3) is 0 Å². The fraction of sp³-hybridized carbons (Fsp3) is 0.214. The van der Waals surface area contributed by atoms with Crippen molar-refractivity contribution in [3.63, 3.8) is 0 Å². The van der Waals surface area contributed by atoms with E-state index in [4.69, 9.17) is 10.5 Å². The van der Waals surface area contributed by atoms with Gasteiger partial charge in [0.1, 0.15) is 6.33 Å². The Morgan fingerprint density at radius 3 is 2.67 bits per heavy atom. The van der Waals surface area contributed by atoms with Gasteiger partial charge in [0.2, 0.25) is 5.88 Å². The summed E-state index contributed by atoms with van der Waals surface area (Å²) in [5.41, 5.74) is 8.35. The lowest BCUT2D eigenvalue weighted by atomic mass is 10.2. The number of rotatable bonds is 4. The largest absolute Gasteiger partial charge is 0.404 e. The fourth-order valence-corrected chi connectivity index (χ4v) is 2.13. The van der Waals surface area contributed by atoms with Gasteiger partial charge in [0, 0.05) is 13.6 Å². The van der Waals surface area contributed by atoms with E-state index in [1.54, 1.807) is 22.7 Å². The highest BCUT2D eigenvalue weighted by Gasteiger charge is 2.16. The lowest BCUT2D eigenvalue weighted by Gasteiger charge is -2.03. The first-order valence-electron chi connectivity index (χ1n) is 6.56. The van der Waals surface area contributed by atoms with Crippen molar-refractivity contribution < 1.29 is 4.74 Å². The van der Waals surface area contributed by atoms with Gasteiger partial charge in [0.05, 0.1) is 16.9 Å². The molecule has 0 aliphatic carbocycles. The molecule has 0 spiro atoms. The van der Waals surface area contributed by atoms with E-state index in [-0.39, 0.29) is 6.01 Å². The summed E-state index contributed by atoms with van der Waals surface area (Å²) in [6.07, 6.45) is 1.61. The topological polar surface area (TPSA) is 83.8 Å². The van der Waals surface area contributed by atoms with Crippen LogP contribution in [0.1, 0.15) is 11.3 Å². The Morgan fingerprint density at radius 1 is 1.19 bits per heavy atom. The molecular weight excluding hydrogens is 268 g/mol. The summed E-state index contributed by atoms with van der Waals surface area (Å²) < 4.78 is 9.02. The summed E-state index contributed by atoms with van der Waals surface area (Å²) in [5, 5.41) is 8.60. The van der Waals surface area contributed by atoms with Crippen LogP contribution in [0.5, 0.6) is 11.9 Å². The predicted molar refractivity (Wildman–Crippen MR) is 77.3 cm³/mol. The first-order chi connectivity index (χ1) is 10.2. The third-order valence-electron chi connectivity index (χ3n) is 3.17. The van der Waals surface area contributed by atoms with Crippen molar-refractivity contribution in [2.75, 3.05) is 0 Å². The Balaban J connectivity index is 1.89. The molecule has 3 rings (SSSR count). The van der Waals surface area contributed by atoms with Crippen LogP contribution >= 0.6 is 0 Å². The molecule has 0 aliphatic rings. The minimum absolute atomic E-state index is 0.261. The molecule has 0 fully saturated rings. The normalized spacial score (nSPS) is 10.8. The zero-order valence-corrected chi connectivity index (χ0v) is 11.9. The molecule has 3 aromatic rings. The van der Waals surface area contributed by atoms with E-state index >= 15 is 0 Å². The molecule has 21 heavy (non-hydrogen) atoms. The monoisotopic (exact) mass is 284 g/mol. The summed E-state index contributed by atoms with van der Waals surface area (Å²) in [7, 11) is 1.80. The quantitative estimate of drug-likeness (QED) is 0.786. The molecular formula is C14H16N6O. The van der Waals surface area contributed by atoms with E-state index in [1.807, 2.05) is 37.3 Å². The number of nitrogens with two attached hydrogens (primary N) is 1. The number of benzene rings is 1. The SMILES string of the molecule is Cc1nn(C)c(Oc2ncn(-c3ccccc3)n2)c1CN. The van der Waals surface area contributed by atoms with Crippen molar-refractivity contribution in [1.82, 2.24) is 24.5 Å². The van der Waals surface area contributed by atoms with Gasteiger partial charge < -0.3 is 10.5 Å². The third-order valence-corrected chi connectivity index (χ3v) is 3.17. The molecule has 0 saturated carbocycles. The Kier molecular flexibility index (Phi) is 3.41. The molecule has 0 unspecified atom stereocenters. The summed E-state index contributed by atoms with van der Waals surface area (Å²) in [4.78, 5) is 4.16. The highest BCUT2D eigenvalue weighted by atomic mass is 16.5. The van der Waals surface area contributed by atoms with Crippen LogP contribution in [0.25, 0.3) is 5.69 Å². The van der Waals surface area contributed by atoms with E-state index in [9.17, 15) is 0 Å². The number of ether oxygens (including phenoxy) is 1. The van der Waals surface area contributed by atoms with Gasteiger partial charge in [-0.2, -0.15) is 10.1 Å². The lowest BCUT2D eigenvalue weighted by molar-refractivity contribution is 0.395. The van der Waals surface area contributed by atoms with Crippen LogP contribution in [0.15, 0.2) is 36.7 Å². The van der Waals surface area contributed by atoms with Gasteiger partial charge in [-0.3, -0.25) is 0 Å². The second kappa shape index (κ2) is 5.37. The van der Waals surface area contributed by atoms with Gasteiger partial charge >= 0.3 is 6.01 Å². The van der Waals surface area contributed by atoms with E-state index < -0.39 is 0 Å². The van der Waals surface area contributed by atoms with Crippen LogP contribution in [-0.2, 0) is 13.6 Å². The average Bonchev–Trinajstić information content (AvgIpc) is 3.06. The molecule has 0 radical (unpaired) electrons. The standard InChI is InChI=1S/C14H16N6O/c1-10-12(8-15)13(19(2)17-10)21-14-16-9-20(18-14)11-6-4-3-5-7-11/h3-7,9H,8,15H2,1-2H3. The van der Waals surface area contributed by atoms with E-state index in [2.05, 4.69) is 15.2 Å². The molecule has 0 saturated heterocycles. The number of hydrogen-bond donors (Lipinski definition) is 1. The van der Waals surface area contributed by atoms with E-state index in [1.165, 1.54) is 0 Å². The maximum atomic E-state index is 5.74. The van der Waals surface area contributed by atoms with Crippen molar-refractivity contribution in [3.05, 3.63) is 47.9 Å². The number of aryl methyl sites for hydroxylation is 2. The highest BCUT2D eigenvalue weighted by molar-refractivity contribution is 5.33. The van der Waals surface area contributed by atoms with Crippen molar-refractivity contribution in [3.8, 4) is 17.6 Å². The summed E-state index contributed by atoms with van der Waals surface area (Å²) in [5.74, 6) is 0.570. The maximum absolute atomic E-state index is 5.74. The average molecular weight is 284 g/mol. The van der Waals surface area contributed by atoms with Gasteiger partial charge in [-0.25, -0.2) is 9.36 Å². The Labute approximate surface area is 122 Å². The van der Waals surface area contributed by atoms with Gasteiger partial charge in [-0.1, -0.05) is 18.2 Å². The van der Waals surface area contributed by atoms with Crippen LogP contribution in [0.2, 0.25) is 0 Å². The van der Waals surface area contributed by atoms with Crippen LogP contribution in [0, 0.1) is 6.92 Å². The zero-order chi connectivity index (χ0) is 14.8. The van der Waals surface area contributed by atoms with E-state index in [0.717, 1.165) is 16.9 Å². The van der Waals surface area contributed by atoms with Crippen molar-refractivity contribution in [2.45, 2.75) is 13.5 Å². The molecule has 2 heterocycles. The predicted octanol–water partition coefficient (Wildman–Crippen LogP) is 1.56. The highest BCUT2D eigenvalue weighted by Crippen LogP contribution is 2.24. The zero-order valence-electron chi connectivity index (χ0n) is 11.9. The lowest BCUT2D eigenvalue weighted by Crippen LogP contribution is -2.02. The molecule has 0 amide bonds. The molecule has 2 aromatic heterocycles. The molecule has 2 N–H and O–H groups in total. The Morgan fingerprint density at radius 2 is 1.95 bits per heavy atom. The van der Waals surface area contributed by atoms with Crippen LogP contribution in [-0.4, -0.2) is 24.5 Å². The summed E-state index contributed by atoms with van der Waals surface area (Å²) in [6.45, 7) is 2.25. The molecule has 0 aliphatic heterocycles. The molecule has 7 heteroatoms. The molecule has 1 aromatic carbocycles. The smallest absolute Gasteiger partial charge is 0.342 e. The summed E-state index contributed by atoms with van der Waals surface area (Å²) >= 11 is 0. The minimum Gasteiger partial charge on any atom is -0.404 e. The second-order valence-corrected chi connectivity index (χ2v) is 4.61.